The first-order valence-corrected chi connectivity index (χ1v) is 4.97. The lowest BCUT2D eigenvalue weighted by Crippen LogP contribution is -2.38. The Bertz CT molecular complexity index is 451. The van der Waals surface area contributed by atoms with Gasteiger partial charge in [0, 0.05) is 16.9 Å². The lowest BCUT2D eigenvalue weighted by atomic mass is 10.1. The molecule has 0 aliphatic heterocycles. The summed E-state index contributed by atoms with van der Waals surface area (Å²) in [6.45, 7) is 4.10. The molecule has 1 aromatic heterocycles. The van der Waals surface area contributed by atoms with E-state index in [9.17, 15) is 0 Å². The Morgan fingerprint density at radius 3 is 2.47 bits per heavy atom. The molecule has 0 fully saturated rings. The summed E-state index contributed by atoms with van der Waals surface area (Å²) in [7, 11) is 0. The van der Waals surface area contributed by atoms with Crippen molar-refractivity contribution in [2.75, 3.05) is 0 Å². The summed E-state index contributed by atoms with van der Waals surface area (Å²) in [5.74, 6) is 0.895. The van der Waals surface area contributed by atoms with Crippen molar-refractivity contribution in [3.8, 4) is 5.75 Å². The maximum Gasteiger partial charge on any atom is 0.223 e. The van der Waals surface area contributed by atoms with Gasteiger partial charge in [0.25, 0.3) is 0 Å². The van der Waals surface area contributed by atoms with E-state index in [1.807, 2.05) is 43.6 Å². The Morgan fingerprint density at radius 1 is 1.00 bits per heavy atom. The van der Waals surface area contributed by atoms with Crippen molar-refractivity contribution in [3.05, 3.63) is 59.9 Å². The van der Waals surface area contributed by atoms with Gasteiger partial charge in [0.05, 0.1) is 0 Å². The molecular formula is C13H14NO+. The van der Waals surface area contributed by atoms with Crippen molar-refractivity contribution >= 4 is 0 Å². The standard InChI is InChI=1S/C13H14NO/c1-11-6-7-12(2)13(10-11)15-14-8-4-3-5-9-14/h3-10H,1-2H3/q+1. The third-order valence-corrected chi connectivity index (χ3v) is 2.24. The maximum absolute atomic E-state index is 5.71. The Hall–Kier alpha value is -1.83. The fourth-order valence-electron chi connectivity index (χ4n) is 1.36. The minimum Gasteiger partial charge on any atom is -0.231 e. The van der Waals surface area contributed by atoms with E-state index in [2.05, 4.69) is 19.1 Å². The lowest BCUT2D eigenvalue weighted by molar-refractivity contribution is -0.875. The van der Waals surface area contributed by atoms with Crippen LogP contribution in [-0.4, -0.2) is 0 Å². The van der Waals surface area contributed by atoms with Crippen LogP contribution in [0.4, 0.5) is 0 Å². The molecule has 15 heavy (non-hydrogen) atoms. The highest BCUT2D eigenvalue weighted by molar-refractivity contribution is 5.35. The Balaban J connectivity index is 2.28. The van der Waals surface area contributed by atoms with E-state index >= 15 is 0 Å². The molecule has 2 aromatic rings. The number of aryl methyl sites for hydroxylation is 2. The van der Waals surface area contributed by atoms with E-state index in [1.165, 1.54) is 5.56 Å². The predicted octanol–water partition coefficient (Wildman–Crippen LogP) is 2.43. The van der Waals surface area contributed by atoms with Crippen LogP contribution < -0.4 is 9.57 Å². The quantitative estimate of drug-likeness (QED) is 0.679. The van der Waals surface area contributed by atoms with Crippen LogP contribution in [-0.2, 0) is 0 Å². The van der Waals surface area contributed by atoms with Crippen LogP contribution in [0.1, 0.15) is 11.1 Å². The molecule has 0 N–H and O–H groups in total. The number of rotatable bonds is 2. The number of aromatic nitrogens is 1. The molecule has 0 radical (unpaired) electrons. The highest BCUT2D eigenvalue weighted by Crippen LogP contribution is 2.17. The summed E-state index contributed by atoms with van der Waals surface area (Å²) in [4.78, 5) is 5.71. The molecule has 0 aliphatic carbocycles. The van der Waals surface area contributed by atoms with Crippen molar-refractivity contribution in [2.24, 2.45) is 0 Å². The van der Waals surface area contributed by atoms with Gasteiger partial charge in [-0.1, -0.05) is 18.2 Å². The molecule has 0 saturated heterocycles. The monoisotopic (exact) mass is 200 g/mol. The van der Waals surface area contributed by atoms with Gasteiger partial charge in [-0.2, -0.15) is 0 Å². The van der Waals surface area contributed by atoms with Crippen molar-refractivity contribution in [1.82, 2.24) is 0 Å². The zero-order valence-corrected chi connectivity index (χ0v) is 8.97. The third kappa shape index (κ3) is 2.34. The number of hydrogen-bond acceptors (Lipinski definition) is 1. The molecule has 2 nitrogen and oxygen atoms in total. The molecule has 0 amide bonds. The van der Waals surface area contributed by atoms with Crippen LogP contribution in [0.2, 0.25) is 0 Å². The van der Waals surface area contributed by atoms with Crippen LogP contribution in [0.5, 0.6) is 5.75 Å². The summed E-state index contributed by atoms with van der Waals surface area (Å²) in [6.07, 6.45) is 3.75. The molecule has 0 aliphatic rings. The maximum atomic E-state index is 5.71. The molecule has 2 heteroatoms. The van der Waals surface area contributed by atoms with E-state index < -0.39 is 0 Å². The summed E-state index contributed by atoms with van der Waals surface area (Å²) in [5, 5.41) is 0. The SMILES string of the molecule is Cc1ccc(C)c(O[n+]2ccccc2)c1. The fourth-order valence-corrected chi connectivity index (χ4v) is 1.36. The van der Waals surface area contributed by atoms with Crippen molar-refractivity contribution in [1.29, 1.82) is 0 Å². The lowest BCUT2D eigenvalue weighted by Gasteiger charge is -2.02. The molecule has 2 rings (SSSR count). The smallest absolute Gasteiger partial charge is 0.223 e. The highest BCUT2D eigenvalue weighted by atomic mass is 16.7. The third-order valence-electron chi connectivity index (χ3n) is 2.24. The average molecular weight is 200 g/mol. The molecule has 1 aromatic carbocycles. The van der Waals surface area contributed by atoms with E-state index in [1.54, 1.807) is 4.73 Å². The molecule has 0 saturated carbocycles. The first-order valence-electron chi connectivity index (χ1n) is 4.97. The minimum absolute atomic E-state index is 0.895. The first-order chi connectivity index (χ1) is 7.25. The largest absolute Gasteiger partial charge is 0.231 e. The van der Waals surface area contributed by atoms with Crippen LogP contribution in [0, 0.1) is 13.8 Å². The van der Waals surface area contributed by atoms with Crippen LogP contribution in [0.15, 0.2) is 48.8 Å². The Morgan fingerprint density at radius 2 is 1.73 bits per heavy atom. The molecular weight excluding hydrogens is 186 g/mol. The van der Waals surface area contributed by atoms with E-state index in [-0.39, 0.29) is 0 Å². The van der Waals surface area contributed by atoms with Gasteiger partial charge in [0.2, 0.25) is 18.1 Å². The van der Waals surface area contributed by atoms with Gasteiger partial charge >= 0.3 is 0 Å². The Kier molecular flexibility index (Phi) is 2.68. The molecule has 1 heterocycles. The van der Waals surface area contributed by atoms with Gasteiger partial charge in [-0.3, -0.25) is 0 Å². The van der Waals surface area contributed by atoms with E-state index in [0.29, 0.717) is 0 Å². The van der Waals surface area contributed by atoms with Crippen LogP contribution >= 0.6 is 0 Å². The van der Waals surface area contributed by atoms with Gasteiger partial charge in [-0.15, -0.1) is 0 Å². The number of nitrogens with zero attached hydrogens (tertiary/aromatic N) is 1. The van der Waals surface area contributed by atoms with Crippen LogP contribution in [0.25, 0.3) is 0 Å². The van der Waals surface area contributed by atoms with Gasteiger partial charge in [-0.05, 0) is 31.0 Å². The van der Waals surface area contributed by atoms with Crippen molar-refractivity contribution in [2.45, 2.75) is 13.8 Å². The zero-order valence-electron chi connectivity index (χ0n) is 8.97. The molecule has 0 atom stereocenters. The van der Waals surface area contributed by atoms with Crippen molar-refractivity contribution in [3.63, 3.8) is 0 Å². The highest BCUT2D eigenvalue weighted by Gasteiger charge is 2.06. The van der Waals surface area contributed by atoms with Gasteiger partial charge in [0.1, 0.15) is 0 Å². The topological polar surface area (TPSA) is 13.1 Å². The minimum atomic E-state index is 0.895. The molecule has 76 valence electrons. The van der Waals surface area contributed by atoms with Gasteiger partial charge in [0.15, 0.2) is 0 Å². The van der Waals surface area contributed by atoms with Crippen molar-refractivity contribution < 1.29 is 9.57 Å². The zero-order chi connectivity index (χ0) is 10.7. The average Bonchev–Trinajstić information content (AvgIpc) is 2.25. The predicted molar refractivity (Wildman–Crippen MR) is 58.6 cm³/mol. The summed E-state index contributed by atoms with van der Waals surface area (Å²) < 4.78 is 1.70. The fraction of sp³-hybridized carbons (Fsp3) is 0.154. The number of benzene rings is 1. The molecule has 0 bridgehead atoms. The first kappa shape index (κ1) is 9.71. The molecule has 0 spiro atoms. The second kappa shape index (κ2) is 4.13. The number of pyridine rings is 1. The van der Waals surface area contributed by atoms with Crippen LogP contribution in [0.3, 0.4) is 0 Å². The normalized spacial score (nSPS) is 10.0. The second-order valence-corrected chi connectivity index (χ2v) is 3.60. The summed E-state index contributed by atoms with van der Waals surface area (Å²) in [5.41, 5.74) is 2.34. The van der Waals surface area contributed by atoms with E-state index in [4.69, 9.17) is 4.84 Å². The Labute approximate surface area is 89.7 Å². The summed E-state index contributed by atoms with van der Waals surface area (Å²) in [6, 6.07) is 12.0. The second-order valence-electron chi connectivity index (χ2n) is 3.60. The number of hydrogen-bond donors (Lipinski definition) is 0. The van der Waals surface area contributed by atoms with Gasteiger partial charge < -0.3 is 0 Å². The van der Waals surface area contributed by atoms with E-state index in [0.717, 1.165) is 11.3 Å². The molecule has 0 unspecified atom stereocenters. The summed E-state index contributed by atoms with van der Waals surface area (Å²) >= 11 is 0. The van der Waals surface area contributed by atoms with Gasteiger partial charge in [-0.25, -0.2) is 4.84 Å².